The molecule has 0 saturated heterocycles. The van der Waals surface area contributed by atoms with Crippen molar-refractivity contribution < 1.29 is 4.42 Å². The molecule has 16 heavy (non-hydrogen) atoms. The molecule has 0 radical (unpaired) electrons. The summed E-state index contributed by atoms with van der Waals surface area (Å²) >= 11 is 5.60. The van der Waals surface area contributed by atoms with Crippen LogP contribution in [0.4, 0.5) is 0 Å². The highest BCUT2D eigenvalue weighted by Gasteiger charge is 2.10. The zero-order chi connectivity index (χ0) is 11.0. The molecule has 1 aromatic carbocycles. The molecule has 0 aliphatic carbocycles. The molecule has 3 rings (SSSR count). The number of halogens is 1. The lowest BCUT2D eigenvalue weighted by Gasteiger charge is -1.86. The monoisotopic (exact) mass is 233 g/mol. The van der Waals surface area contributed by atoms with Crippen molar-refractivity contribution in [3.05, 3.63) is 36.2 Å². The highest BCUT2D eigenvalue weighted by molar-refractivity contribution is 6.16. The predicted molar refractivity (Wildman–Crippen MR) is 61.1 cm³/mol. The third-order valence-electron chi connectivity index (χ3n) is 2.34. The van der Waals surface area contributed by atoms with Gasteiger partial charge in [-0.05, 0) is 12.1 Å². The average Bonchev–Trinajstić information content (AvgIpc) is 2.95. The topological polar surface area (TPSA) is 54.7 Å². The van der Waals surface area contributed by atoms with Crippen molar-refractivity contribution in [3.63, 3.8) is 0 Å². The number of aromatic amines is 1. The van der Waals surface area contributed by atoms with E-state index in [2.05, 4.69) is 15.2 Å². The van der Waals surface area contributed by atoms with Crippen LogP contribution in [0.25, 0.3) is 22.5 Å². The van der Waals surface area contributed by atoms with Crippen LogP contribution in [0, 0.1) is 0 Å². The summed E-state index contributed by atoms with van der Waals surface area (Å²) in [5.74, 6) is 1.12. The number of para-hydroxylation sites is 1. The molecule has 0 saturated carbocycles. The number of aromatic nitrogens is 3. The quantitative estimate of drug-likeness (QED) is 0.693. The number of hydrogen-bond acceptors (Lipinski definition) is 3. The fourth-order valence-electron chi connectivity index (χ4n) is 1.61. The van der Waals surface area contributed by atoms with Gasteiger partial charge in [-0.2, -0.15) is 0 Å². The summed E-state index contributed by atoms with van der Waals surface area (Å²) in [6.07, 6.45) is 0. The van der Waals surface area contributed by atoms with Crippen molar-refractivity contribution in [2.24, 2.45) is 0 Å². The van der Waals surface area contributed by atoms with Crippen LogP contribution in [0.5, 0.6) is 0 Å². The van der Waals surface area contributed by atoms with Crippen molar-refractivity contribution >= 4 is 22.5 Å². The van der Waals surface area contributed by atoms with Gasteiger partial charge in [-0.15, -0.1) is 21.8 Å². The third kappa shape index (κ3) is 1.47. The van der Waals surface area contributed by atoms with E-state index in [4.69, 9.17) is 16.0 Å². The first kappa shape index (κ1) is 9.42. The molecule has 2 aromatic heterocycles. The molecule has 0 bridgehead atoms. The lowest BCUT2D eigenvalue weighted by molar-refractivity contribution is 0.526. The second kappa shape index (κ2) is 3.64. The van der Waals surface area contributed by atoms with Gasteiger partial charge in [0.2, 0.25) is 5.89 Å². The molecule has 4 nitrogen and oxygen atoms in total. The van der Waals surface area contributed by atoms with Crippen LogP contribution in [0.1, 0.15) is 5.89 Å². The van der Waals surface area contributed by atoms with Crippen LogP contribution in [-0.4, -0.2) is 15.2 Å². The molecule has 0 aliphatic heterocycles. The van der Waals surface area contributed by atoms with Gasteiger partial charge in [-0.25, -0.2) is 0 Å². The molecule has 0 unspecified atom stereocenters. The SMILES string of the molecule is ClCc1nnc(-c2cc3ccccc3[nH]2)o1. The number of nitrogens with zero attached hydrogens (tertiary/aromatic N) is 2. The van der Waals surface area contributed by atoms with E-state index in [0.717, 1.165) is 16.6 Å². The molecule has 0 spiro atoms. The number of alkyl halides is 1. The highest BCUT2D eigenvalue weighted by Crippen LogP contribution is 2.23. The summed E-state index contributed by atoms with van der Waals surface area (Å²) in [4.78, 5) is 3.21. The number of hydrogen-bond donors (Lipinski definition) is 1. The van der Waals surface area contributed by atoms with Gasteiger partial charge in [-0.3, -0.25) is 0 Å². The number of nitrogens with one attached hydrogen (secondary N) is 1. The van der Waals surface area contributed by atoms with Gasteiger partial charge in [0, 0.05) is 10.9 Å². The molecule has 0 amide bonds. The molecule has 1 N–H and O–H groups in total. The van der Waals surface area contributed by atoms with E-state index < -0.39 is 0 Å². The first-order valence-electron chi connectivity index (χ1n) is 4.83. The lowest BCUT2D eigenvalue weighted by atomic mass is 10.2. The Morgan fingerprint density at radius 3 is 2.88 bits per heavy atom. The number of rotatable bonds is 2. The third-order valence-corrected chi connectivity index (χ3v) is 2.57. The zero-order valence-corrected chi connectivity index (χ0v) is 9.03. The molecule has 0 atom stereocenters. The number of benzene rings is 1. The average molecular weight is 234 g/mol. The van der Waals surface area contributed by atoms with Crippen molar-refractivity contribution in [3.8, 4) is 11.6 Å². The van der Waals surface area contributed by atoms with Crippen molar-refractivity contribution in [2.75, 3.05) is 0 Å². The Kier molecular flexibility index (Phi) is 2.15. The number of fused-ring (bicyclic) bond motifs is 1. The first-order chi connectivity index (χ1) is 7.86. The second-order valence-corrected chi connectivity index (χ2v) is 3.67. The van der Waals surface area contributed by atoms with Crippen molar-refractivity contribution in [1.82, 2.24) is 15.2 Å². The molecule has 80 valence electrons. The minimum atomic E-state index is 0.229. The van der Waals surface area contributed by atoms with E-state index in [-0.39, 0.29) is 5.88 Å². The Balaban J connectivity index is 2.11. The molecular weight excluding hydrogens is 226 g/mol. The predicted octanol–water partition coefficient (Wildman–Crippen LogP) is 2.96. The number of H-pyrrole nitrogens is 1. The molecular formula is C11H8ClN3O. The maximum atomic E-state index is 5.60. The van der Waals surface area contributed by atoms with Gasteiger partial charge in [0.05, 0.1) is 0 Å². The molecule has 3 aromatic rings. The summed E-state index contributed by atoms with van der Waals surface area (Å²) < 4.78 is 5.36. The summed E-state index contributed by atoms with van der Waals surface area (Å²) in [6, 6.07) is 9.95. The fraction of sp³-hybridized carbons (Fsp3) is 0.0909. The van der Waals surface area contributed by atoms with Gasteiger partial charge < -0.3 is 9.40 Å². The minimum Gasteiger partial charge on any atom is -0.418 e. The summed E-state index contributed by atoms with van der Waals surface area (Å²) in [5.41, 5.74) is 1.85. The maximum absolute atomic E-state index is 5.60. The highest BCUT2D eigenvalue weighted by atomic mass is 35.5. The van der Waals surface area contributed by atoms with Gasteiger partial charge >= 0.3 is 0 Å². The van der Waals surface area contributed by atoms with E-state index in [1.54, 1.807) is 0 Å². The van der Waals surface area contributed by atoms with Crippen molar-refractivity contribution in [1.29, 1.82) is 0 Å². The summed E-state index contributed by atoms with van der Waals surface area (Å²) in [7, 11) is 0. The normalized spacial score (nSPS) is 11.1. The van der Waals surface area contributed by atoms with E-state index in [1.165, 1.54) is 0 Å². The summed E-state index contributed by atoms with van der Waals surface area (Å²) in [6.45, 7) is 0. The smallest absolute Gasteiger partial charge is 0.264 e. The van der Waals surface area contributed by atoms with E-state index >= 15 is 0 Å². The van der Waals surface area contributed by atoms with E-state index in [1.807, 2.05) is 30.3 Å². The molecule has 0 aliphatic rings. The van der Waals surface area contributed by atoms with Gasteiger partial charge in [-0.1, -0.05) is 18.2 Å². The Hall–Kier alpha value is -1.81. The van der Waals surface area contributed by atoms with Gasteiger partial charge in [0.25, 0.3) is 5.89 Å². The second-order valence-electron chi connectivity index (χ2n) is 3.40. The Morgan fingerprint density at radius 2 is 2.12 bits per heavy atom. The van der Waals surface area contributed by atoms with E-state index in [0.29, 0.717) is 11.8 Å². The van der Waals surface area contributed by atoms with E-state index in [9.17, 15) is 0 Å². The fourth-order valence-corrected chi connectivity index (χ4v) is 1.71. The Bertz CT molecular complexity index is 596. The standard InChI is InChI=1S/C11H8ClN3O/c12-6-10-14-15-11(16-10)9-5-7-3-1-2-4-8(7)13-9/h1-5,13H,6H2. The Morgan fingerprint density at radius 1 is 1.25 bits per heavy atom. The lowest BCUT2D eigenvalue weighted by Crippen LogP contribution is -1.76. The zero-order valence-electron chi connectivity index (χ0n) is 8.27. The molecule has 5 heteroatoms. The van der Waals surface area contributed by atoms with Crippen LogP contribution >= 0.6 is 11.6 Å². The summed E-state index contributed by atoms with van der Waals surface area (Å²) in [5, 5.41) is 8.85. The maximum Gasteiger partial charge on any atom is 0.264 e. The van der Waals surface area contributed by atoms with Crippen molar-refractivity contribution in [2.45, 2.75) is 5.88 Å². The van der Waals surface area contributed by atoms with Crippen LogP contribution in [0.15, 0.2) is 34.7 Å². The minimum absolute atomic E-state index is 0.229. The first-order valence-corrected chi connectivity index (χ1v) is 5.37. The van der Waals surface area contributed by atoms with Crippen LogP contribution in [0.3, 0.4) is 0 Å². The molecule has 0 fully saturated rings. The van der Waals surface area contributed by atoms with Gasteiger partial charge in [0.15, 0.2) is 0 Å². The molecule has 2 heterocycles. The van der Waals surface area contributed by atoms with Crippen LogP contribution in [0.2, 0.25) is 0 Å². The van der Waals surface area contributed by atoms with Crippen LogP contribution in [-0.2, 0) is 5.88 Å². The largest absolute Gasteiger partial charge is 0.418 e. The van der Waals surface area contributed by atoms with Gasteiger partial charge in [0.1, 0.15) is 11.6 Å². The van der Waals surface area contributed by atoms with Crippen LogP contribution < -0.4 is 0 Å². The Labute approximate surface area is 96.2 Å².